The number of hydrogen-bond donors (Lipinski definition) is 0. The number of aliphatic imine (C=N–C) groups is 1. The van der Waals surface area contributed by atoms with Crippen LogP contribution < -0.4 is 4.74 Å². The molecule has 1 aliphatic carbocycles. The lowest BCUT2D eigenvalue weighted by Gasteiger charge is -2.22. The summed E-state index contributed by atoms with van der Waals surface area (Å²) in [5.74, 6) is 4.75. The lowest BCUT2D eigenvalue weighted by Crippen LogP contribution is -2.23. The summed E-state index contributed by atoms with van der Waals surface area (Å²) in [4.78, 5) is 7.46. The standard InChI is InChI=1S/C20H24N2O/c1-13-7-6-8-15(20(13)23-3)18-9-4-5-10-19(21-18)22-11-16-14(2)17(16)12-22/h4,6-10,14,16-17H,5,11-12H2,1-3H3. The van der Waals surface area contributed by atoms with Gasteiger partial charge < -0.3 is 9.64 Å². The average Bonchev–Trinajstić information content (AvgIpc) is 3.03. The SMILES string of the molecule is COc1c(C)cccc1C1=NC(N2CC3C(C)C3C2)=CCC=C1. The summed E-state index contributed by atoms with van der Waals surface area (Å²) >= 11 is 0. The summed E-state index contributed by atoms with van der Waals surface area (Å²) in [7, 11) is 1.74. The third-order valence-electron chi connectivity index (χ3n) is 5.59. The third kappa shape index (κ3) is 2.48. The molecule has 0 spiro atoms. The molecule has 2 aliphatic heterocycles. The predicted octanol–water partition coefficient (Wildman–Crippen LogP) is 3.79. The van der Waals surface area contributed by atoms with Gasteiger partial charge in [-0.3, -0.25) is 0 Å². The van der Waals surface area contributed by atoms with Crippen LogP contribution in [0.4, 0.5) is 0 Å². The number of ether oxygens (including phenoxy) is 1. The van der Waals surface area contributed by atoms with Gasteiger partial charge in [-0.2, -0.15) is 0 Å². The number of fused-ring (bicyclic) bond motifs is 1. The van der Waals surface area contributed by atoms with Crippen LogP contribution in [0.15, 0.2) is 47.2 Å². The molecule has 1 saturated carbocycles. The molecule has 2 fully saturated rings. The van der Waals surface area contributed by atoms with Crippen molar-refractivity contribution in [1.82, 2.24) is 4.90 Å². The van der Waals surface area contributed by atoms with Crippen LogP contribution in [0.5, 0.6) is 5.75 Å². The van der Waals surface area contributed by atoms with Gasteiger partial charge in [-0.1, -0.05) is 25.1 Å². The summed E-state index contributed by atoms with van der Waals surface area (Å²) in [5.41, 5.74) is 3.23. The van der Waals surface area contributed by atoms with Gasteiger partial charge >= 0.3 is 0 Å². The highest BCUT2D eigenvalue weighted by Crippen LogP contribution is 2.52. The maximum Gasteiger partial charge on any atom is 0.131 e. The van der Waals surface area contributed by atoms with Gasteiger partial charge in [-0.25, -0.2) is 4.99 Å². The molecule has 3 aliphatic rings. The van der Waals surface area contributed by atoms with E-state index in [0.717, 1.165) is 52.6 Å². The minimum atomic E-state index is 0.888. The van der Waals surface area contributed by atoms with Gasteiger partial charge in [0.2, 0.25) is 0 Å². The van der Waals surface area contributed by atoms with Gasteiger partial charge in [0, 0.05) is 18.7 Å². The Bertz CT molecular complexity index is 704. The second-order valence-electron chi connectivity index (χ2n) is 6.94. The predicted molar refractivity (Wildman–Crippen MR) is 93.8 cm³/mol. The fraction of sp³-hybridized carbons (Fsp3) is 0.450. The maximum atomic E-state index is 5.62. The molecule has 0 bridgehead atoms. The normalized spacial score (nSPS) is 28.8. The van der Waals surface area contributed by atoms with E-state index < -0.39 is 0 Å². The molecule has 1 aromatic carbocycles. The van der Waals surface area contributed by atoms with Gasteiger partial charge in [0.25, 0.3) is 0 Å². The monoisotopic (exact) mass is 308 g/mol. The van der Waals surface area contributed by atoms with Gasteiger partial charge in [0.1, 0.15) is 11.6 Å². The summed E-state index contributed by atoms with van der Waals surface area (Å²) in [6.45, 7) is 6.79. The van der Waals surface area contributed by atoms with Crippen molar-refractivity contribution in [3.63, 3.8) is 0 Å². The highest BCUT2D eigenvalue weighted by atomic mass is 16.5. The van der Waals surface area contributed by atoms with Crippen molar-refractivity contribution in [3.8, 4) is 5.75 Å². The summed E-state index contributed by atoms with van der Waals surface area (Å²) in [6, 6.07) is 6.25. The van der Waals surface area contributed by atoms with Crippen molar-refractivity contribution in [2.45, 2.75) is 20.3 Å². The number of rotatable bonds is 3. The quantitative estimate of drug-likeness (QED) is 0.848. The Labute approximate surface area is 138 Å². The van der Waals surface area contributed by atoms with Crippen molar-refractivity contribution < 1.29 is 4.74 Å². The zero-order valence-electron chi connectivity index (χ0n) is 14.1. The van der Waals surface area contributed by atoms with Crippen molar-refractivity contribution in [2.75, 3.05) is 20.2 Å². The molecule has 2 unspecified atom stereocenters. The topological polar surface area (TPSA) is 24.8 Å². The van der Waals surface area contributed by atoms with Crippen LogP contribution in [0, 0.1) is 24.7 Å². The average molecular weight is 308 g/mol. The first-order valence-corrected chi connectivity index (χ1v) is 8.53. The van der Waals surface area contributed by atoms with E-state index in [9.17, 15) is 0 Å². The van der Waals surface area contributed by atoms with Gasteiger partial charge in [-0.05, 0) is 54.9 Å². The first-order chi connectivity index (χ1) is 11.2. The van der Waals surface area contributed by atoms with Crippen molar-refractivity contribution in [1.29, 1.82) is 0 Å². The van der Waals surface area contributed by atoms with Crippen LogP contribution in [0.25, 0.3) is 0 Å². The molecule has 2 atom stereocenters. The Morgan fingerprint density at radius 2 is 2.00 bits per heavy atom. The van der Waals surface area contributed by atoms with E-state index in [4.69, 9.17) is 9.73 Å². The number of aryl methyl sites for hydroxylation is 1. The number of para-hydroxylation sites is 1. The number of methoxy groups -OCH3 is 1. The van der Waals surface area contributed by atoms with Crippen LogP contribution in [-0.4, -0.2) is 30.8 Å². The van der Waals surface area contributed by atoms with Gasteiger partial charge in [0.15, 0.2) is 0 Å². The Kier molecular flexibility index (Phi) is 3.51. The molecule has 2 heterocycles. The van der Waals surface area contributed by atoms with Crippen molar-refractivity contribution >= 4 is 5.71 Å². The van der Waals surface area contributed by atoms with Crippen LogP contribution in [0.2, 0.25) is 0 Å². The number of benzene rings is 1. The fourth-order valence-corrected chi connectivity index (χ4v) is 4.04. The zero-order valence-corrected chi connectivity index (χ0v) is 14.1. The van der Waals surface area contributed by atoms with E-state index in [1.165, 1.54) is 13.1 Å². The van der Waals surface area contributed by atoms with Crippen LogP contribution in [0.3, 0.4) is 0 Å². The number of piperidine rings is 1. The highest BCUT2D eigenvalue weighted by Gasteiger charge is 2.53. The first-order valence-electron chi connectivity index (χ1n) is 8.53. The molecule has 3 heteroatoms. The van der Waals surface area contributed by atoms with Crippen molar-refractivity contribution in [3.05, 3.63) is 53.4 Å². The van der Waals surface area contributed by atoms with E-state index in [1.807, 2.05) is 0 Å². The number of hydrogen-bond acceptors (Lipinski definition) is 3. The summed E-state index contributed by atoms with van der Waals surface area (Å²) in [5, 5.41) is 0. The van der Waals surface area contributed by atoms with Crippen LogP contribution >= 0.6 is 0 Å². The molecule has 120 valence electrons. The van der Waals surface area contributed by atoms with E-state index in [1.54, 1.807) is 7.11 Å². The first kappa shape index (κ1) is 14.6. The largest absolute Gasteiger partial charge is 0.496 e. The molecule has 1 aromatic rings. The smallest absolute Gasteiger partial charge is 0.131 e. The van der Waals surface area contributed by atoms with E-state index in [2.05, 4.69) is 55.2 Å². The number of nitrogens with zero attached hydrogens (tertiary/aromatic N) is 2. The second kappa shape index (κ2) is 5.55. The van der Waals surface area contributed by atoms with E-state index in [-0.39, 0.29) is 0 Å². The molecule has 3 nitrogen and oxygen atoms in total. The lowest BCUT2D eigenvalue weighted by atomic mass is 10.0. The van der Waals surface area contributed by atoms with E-state index in [0.29, 0.717) is 0 Å². The molecular weight excluding hydrogens is 284 g/mol. The highest BCUT2D eigenvalue weighted by molar-refractivity contribution is 6.11. The van der Waals surface area contributed by atoms with Crippen LogP contribution in [-0.2, 0) is 0 Å². The molecule has 23 heavy (non-hydrogen) atoms. The Balaban J connectivity index is 1.66. The molecule has 0 N–H and O–H groups in total. The molecule has 4 rings (SSSR count). The Morgan fingerprint density at radius 1 is 1.22 bits per heavy atom. The maximum absolute atomic E-state index is 5.62. The zero-order chi connectivity index (χ0) is 16.0. The molecule has 0 amide bonds. The third-order valence-corrected chi connectivity index (χ3v) is 5.59. The molecule has 1 saturated heterocycles. The molecule has 0 aromatic heterocycles. The van der Waals surface area contributed by atoms with Gasteiger partial charge in [-0.15, -0.1) is 0 Å². The number of allylic oxidation sites excluding steroid dienone is 3. The Morgan fingerprint density at radius 3 is 2.74 bits per heavy atom. The molecular formula is C20H24N2O. The number of likely N-dealkylation sites (tertiary alicyclic amines) is 1. The van der Waals surface area contributed by atoms with Crippen LogP contribution in [0.1, 0.15) is 24.5 Å². The summed E-state index contributed by atoms with van der Waals surface area (Å²) in [6.07, 6.45) is 7.51. The minimum Gasteiger partial charge on any atom is -0.496 e. The second-order valence-corrected chi connectivity index (χ2v) is 6.94. The summed E-state index contributed by atoms with van der Waals surface area (Å²) < 4.78 is 5.62. The van der Waals surface area contributed by atoms with E-state index >= 15 is 0 Å². The Hall–Kier alpha value is -2.03. The lowest BCUT2D eigenvalue weighted by molar-refractivity contribution is 0.355. The molecule has 0 radical (unpaired) electrons. The minimum absolute atomic E-state index is 0.888. The fourth-order valence-electron chi connectivity index (χ4n) is 4.04. The van der Waals surface area contributed by atoms with Gasteiger partial charge in [0.05, 0.1) is 12.8 Å². The van der Waals surface area contributed by atoms with Crippen molar-refractivity contribution in [2.24, 2.45) is 22.7 Å².